The highest BCUT2D eigenvalue weighted by atomic mass is 79.9. The Morgan fingerprint density at radius 1 is 1.04 bits per heavy atom. The number of para-hydroxylation sites is 1. The summed E-state index contributed by atoms with van der Waals surface area (Å²) in [5.74, 6) is -0.0841. The van der Waals surface area contributed by atoms with Crippen molar-refractivity contribution in [1.29, 1.82) is 0 Å². The Morgan fingerprint density at radius 3 is 2.22 bits per heavy atom. The molecule has 0 unspecified atom stereocenters. The number of hydrogen-bond acceptors (Lipinski definition) is 2. The van der Waals surface area contributed by atoms with Crippen LogP contribution in [-0.4, -0.2) is 10.9 Å². The third kappa shape index (κ3) is 4.98. The minimum absolute atomic E-state index is 0.0841. The van der Waals surface area contributed by atoms with Crippen molar-refractivity contribution in [3.8, 4) is 0 Å². The Morgan fingerprint density at radius 2 is 1.67 bits per heavy atom. The molecule has 0 saturated carbocycles. The molecule has 0 aliphatic carbocycles. The highest BCUT2D eigenvalue weighted by molar-refractivity contribution is 9.10. The zero-order chi connectivity index (χ0) is 20.0. The molecule has 2 aromatic rings. The van der Waals surface area contributed by atoms with E-state index in [1.807, 2.05) is 13.8 Å². The van der Waals surface area contributed by atoms with Gasteiger partial charge in [-0.25, -0.2) is 0 Å². The molecule has 1 amide bonds. The van der Waals surface area contributed by atoms with E-state index >= 15 is 0 Å². The Bertz CT molecular complexity index is 792. The lowest BCUT2D eigenvalue weighted by molar-refractivity contribution is 0.102. The van der Waals surface area contributed by atoms with E-state index in [0.717, 1.165) is 52.8 Å². The molecule has 1 aromatic carbocycles. The predicted molar refractivity (Wildman–Crippen MR) is 118 cm³/mol. The summed E-state index contributed by atoms with van der Waals surface area (Å²) in [7, 11) is 0. The third-order valence-electron chi connectivity index (χ3n) is 5.11. The average molecular weight is 431 g/mol. The number of unbranched alkanes of at least 4 members (excludes halogenated alkanes) is 2. The van der Waals surface area contributed by atoms with Crippen molar-refractivity contribution < 1.29 is 4.79 Å². The van der Waals surface area contributed by atoms with Crippen molar-refractivity contribution in [2.24, 2.45) is 0 Å². The summed E-state index contributed by atoms with van der Waals surface area (Å²) >= 11 is 3.72. The standard InChI is InChI=1S/C23H31BrN2O/c1-6-9-10-14-19-15(4)25-16(5)20(21(19)24)23(27)26-22-17(7-2)12-11-13-18(22)8-3/h11-13H,6-10,14H2,1-5H3,(H,26,27). The summed E-state index contributed by atoms with van der Waals surface area (Å²) in [6.07, 6.45) is 6.19. The second-order valence-corrected chi connectivity index (χ2v) is 7.81. The summed E-state index contributed by atoms with van der Waals surface area (Å²) in [6.45, 7) is 10.4. The van der Waals surface area contributed by atoms with Gasteiger partial charge in [0.15, 0.2) is 0 Å². The van der Waals surface area contributed by atoms with Crippen LogP contribution in [0.15, 0.2) is 22.7 Å². The van der Waals surface area contributed by atoms with Gasteiger partial charge in [-0.15, -0.1) is 0 Å². The Kier molecular flexibility index (Phi) is 8.03. The Balaban J connectivity index is 2.41. The highest BCUT2D eigenvalue weighted by Crippen LogP contribution is 2.30. The van der Waals surface area contributed by atoms with Gasteiger partial charge in [0.1, 0.15) is 0 Å². The van der Waals surface area contributed by atoms with Crippen LogP contribution in [0.3, 0.4) is 0 Å². The van der Waals surface area contributed by atoms with E-state index in [4.69, 9.17) is 0 Å². The Hall–Kier alpha value is -1.68. The van der Waals surface area contributed by atoms with Crippen LogP contribution in [-0.2, 0) is 19.3 Å². The summed E-state index contributed by atoms with van der Waals surface area (Å²) in [6, 6.07) is 6.23. The summed E-state index contributed by atoms with van der Waals surface area (Å²) in [4.78, 5) is 17.9. The van der Waals surface area contributed by atoms with Gasteiger partial charge in [-0.1, -0.05) is 51.8 Å². The first-order valence-electron chi connectivity index (χ1n) is 10.0. The fourth-order valence-electron chi connectivity index (χ4n) is 3.53. The molecule has 0 atom stereocenters. The zero-order valence-corrected chi connectivity index (χ0v) is 18.8. The Labute approximate surface area is 172 Å². The first-order valence-corrected chi connectivity index (χ1v) is 10.8. The van der Waals surface area contributed by atoms with Gasteiger partial charge in [0.2, 0.25) is 0 Å². The van der Waals surface area contributed by atoms with E-state index in [1.165, 1.54) is 24.0 Å². The van der Waals surface area contributed by atoms with Crippen LogP contribution in [0.5, 0.6) is 0 Å². The predicted octanol–water partition coefficient (Wildman–Crippen LogP) is 6.57. The van der Waals surface area contributed by atoms with Crippen molar-refractivity contribution in [2.75, 3.05) is 5.32 Å². The molecular formula is C23H31BrN2O. The van der Waals surface area contributed by atoms with Crippen LogP contribution in [0.25, 0.3) is 0 Å². The summed E-state index contributed by atoms with van der Waals surface area (Å²) in [5, 5.41) is 3.18. The van der Waals surface area contributed by atoms with Crippen molar-refractivity contribution in [1.82, 2.24) is 4.98 Å². The number of rotatable bonds is 8. The molecule has 0 aliphatic heterocycles. The number of nitrogens with zero attached hydrogens (tertiary/aromatic N) is 1. The van der Waals surface area contributed by atoms with Gasteiger partial charge >= 0.3 is 0 Å². The summed E-state index contributed by atoms with van der Waals surface area (Å²) in [5.41, 5.74) is 6.86. The smallest absolute Gasteiger partial charge is 0.258 e. The average Bonchev–Trinajstić information content (AvgIpc) is 2.64. The molecule has 27 heavy (non-hydrogen) atoms. The number of halogens is 1. The molecule has 1 aromatic heterocycles. The van der Waals surface area contributed by atoms with Gasteiger partial charge in [-0.2, -0.15) is 0 Å². The van der Waals surface area contributed by atoms with Crippen LogP contribution < -0.4 is 5.32 Å². The number of aryl methyl sites for hydroxylation is 4. The lowest BCUT2D eigenvalue weighted by atomic mass is 10.0. The molecule has 1 N–H and O–H groups in total. The van der Waals surface area contributed by atoms with E-state index in [-0.39, 0.29) is 5.91 Å². The molecule has 0 radical (unpaired) electrons. The number of carbonyl (C=O) groups excluding carboxylic acids is 1. The lowest BCUT2D eigenvalue weighted by Gasteiger charge is -2.18. The molecule has 3 nitrogen and oxygen atoms in total. The second kappa shape index (κ2) is 10.0. The number of nitrogens with one attached hydrogen (secondary N) is 1. The first-order chi connectivity index (χ1) is 12.9. The number of pyridine rings is 1. The molecule has 0 spiro atoms. The highest BCUT2D eigenvalue weighted by Gasteiger charge is 2.21. The van der Waals surface area contributed by atoms with Crippen molar-refractivity contribution >= 4 is 27.5 Å². The number of hydrogen-bond donors (Lipinski definition) is 1. The van der Waals surface area contributed by atoms with Gasteiger partial charge < -0.3 is 5.32 Å². The SMILES string of the molecule is CCCCCc1c(C)nc(C)c(C(=O)Nc2c(CC)cccc2CC)c1Br. The van der Waals surface area contributed by atoms with E-state index in [9.17, 15) is 4.79 Å². The minimum Gasteiger partial charge on any atom is -0.321 e. The zero-order valence-electron chi connectivity index (χ0n) is 17.2. The van der Waals surface area contributed by atoms with Crippen molar-refractivity contribution in [2.45, 2.75) is 73.1 Å². The molecule has 0 saturated heterocycles. The normalized spacial score (nSPS) is 10.9. The van der Waals surface area contributed by atoms with E-state index in [1.54, 1.807) is 0 Å². The monoisotopic (exact) mass is 430 g/mol. The largest absolute Gasteiger partial charge is 0.321 e. The molecule has 1 heterocycles. The number of benzene rings is 1. The lowest BCUT2D eigenvalue weighted by Crippen LogP contribution is -2.18. The van der Waals surface area contributed by atoms with Gasteiger partial charge in [0, 0.05) is 15.9 Å². The molecule has 2 rings (SSSR count). The van der Waals surface area contributed by atoms with Gasteiger partial charge in [0.05, 0.1) is 11.3 Å². The maximum atomic E-state index is 13.2. The van der Waals surface area contributed by atoms with Crippen LogP contribution in [0.2, 0.25) is 0 Å². The molecule has 146 valence electrons. The van der Waals surface area contributed by atoms with E-state index in [0.29, 0.717) is 5.56 Å². The second-order valence-electron chi connectivity index (χ2n) is 7.02. The van der Waals surface area contributed by atoms with Crippen LogP contribution >= 0.6 is 15.9 Å². The minimum atomic E-state index is -0.0841. The maximum absolute atomic E-state index is 13.2. The molecule has 4 heteroatoms. The number of carbonyl (C=O) groups is 1. The molecular weight excluding hydrogens is 400 g/mol. The molecule has 0 fully saturated rings. The quantitative estimate of drug-likeness (QED) is 0.480. The van der Waals surface area contributed by atoms with E-state index < -0.39 is 0 Å². The number of anilines is 1. The fourth-order valence-corrected chi connectivity index (χ4v) is 4.48. The van der Waals surface area contributed by atoms with Gasteiger partial charge in [-0.05, 0) is 72.2 Å². The van der Waals surface area contributed by atoms with Crippen LogP contribution in [0.1, 0.15) is 78.5 Å². The number of amides is 1. The summed E-state index contributed by atoms with van der Waals surface area (Å²) < 4.78 is 0.896. The van der Waals surface area contributed by atoms with Crippen molar-refractivity contribution in [3.05, 3.63) is 56.3 Å². The van der Waals surface area contributed by atoms with Crippen LogP contribution in [0, 0.1) is 13.8 Å². The van der Waals surface area contributed by atoms with Crippen LogP contribution in [0.4, 0.5) is 5.69 Å². The maximum Gasteiger partial charge on any atom is 0.258 e. The fraction of sp³-hybridized carbons (Fsp3) is 0.478. The van der Waals surface area contributed by atoms with Gasteiger partial charge in [0.25, 0.3) is 5.91 Å². The topological polar surface area (TPSA) is 42.0 Å². The first kappa shape index (κ1) is 21.6. The number of aromatic nitrogens is 1. The van der Waals surface area contributed by atoms with Crippen molar-refractivity contribution in [3.63, 3.8) is 0 Å². The molecule has 0 aliphatic rings. The third-order valence-corrected chi connectivity index (χ3v) is 5.99. The van der Waals surface area contributed by atoms with Gasteiger partial charge in [-0.3, -0.25) is 9.78 Å². The molecule has 0 bridgehead atoms. The van der Waals surface area contributed by atoms with E-state index in [2.05, 4.69) is 65.2 Å².